The number of nitrogens with zero attached hydrogens (tertiary/aromatic N) is 4. The average molecular weight is 401 g/mol. The fraction of sp³-hybridized carbons (Fsp3) is 0.211. The second-order valence-electron chi connectivity index (χ2n) is 6.07. The highest BCUT2D eigenvalue weighted by molar-refractivity contribution is 7.99. The SMILES string of the molecule is COc1ccc(-c2nnc(SCC(=O)N(C)Cc3ccc(F)cc3)n2N)cc1. The first kappa shape index (κ1) is 19.7. The van der Waals surface area contributed by atoms with Crippen molar-refractivity contribution in [3.05, 3.63) is 59.9 Å². The van der Waals surface area contributed by atoms with E-state index in [9.17, 15) is 9.18 Å². The molecular formula is C19H20FN5O2S. The monoisotopic (exact) mass is 401 g/mol. The molecule has 2 aromatic carbocycles. The fourth-order valence-electron chi connectivity index (χ4n) is 2.50. The van der Waals surface area contributed by atoms with Crippen molar-refractivity contribution >= 4 is 17.7 Å². The minimum absolute atomic E-state index is 0.0941. The molecule has 0 radical (unpaired) electrons. The molecule has 1 amide bonds. The van der Waals surface area contributed by atoms with Crippen LogP contribution in [0.15, 0.2) is 53.7 Å². The van der Waals surface area contributed by atoms with E-state index in [-0.39, 0.29) is 17.5 Å². The Labute approximate surface area is 166 Å². The van der Waals surface area contributed by atoms with E-state index >= 15 is 0 Å². The summed E-state index contributed by atoms with van der Waals surface area (Å²) < 4.78 is 19.5. The minimum Gasteiger partial charge on any atom is -0.497 e. The molecule has 2 N–H and O–H groups in total. The lowest BCUT2D eigenvalue weighted by Gasteiger charge is -2.17. The van der Waals surface area contributed by atoms with Gasteiger partial charge in [0.25, 0.3) is 0 Å². The maximum Gasteiger partial charge on any atom is 0.233 e. The van der Waals surface area contributed by atoms with Crippen molar-refractivity contribution in [1.29, 1.82) is 0 Å². The molecule has 28 heavy (non-hydrogen) atoms. The predicted octanol–water partition coefficient (Wildman–Crippen LogP) is 2.56. The van der Waals surface area contributed by atoms with E-state index in [1.54, 1.807) is 31.2 Å². The van der Waals surface area contributed by atoms with E-state index in [1.807, 2.05) is 24.3 Å². The second kappa shape index (κ2) is 8.75. The largest absolute Gasteiger partial charge is 0.497 e. The number of amides is 1. The van der Waals surface area contributed by atoms with Crippen molar-refractivity contribution in [1.82, 2.24) is 19.8 Å². The van der Waals surface area contributed by atoms with Crippen LogP contribution < -0.4 is 10.6 Å². The molecule has 0 saturated heterocycles. The second-order valence-corrected chi connectivity index (χ2v) is 7.01. The highest BCUT2D eigenvalue weighted by Crippen LogP contribution is 2.23. The van der Waals surface area contributed by atoms with Crippen molar-refractivity contribution in [3.8, 4) is 17.1 Å². The number of thioether (sulfide) groups is 1. The third kappa shape index (κ3) is 4.61. The number of aromatic nitrogens is 3. The Hall–Kier alpha value is -3.07. The van der Waals surface area contributed by atoms with Crippen LogP contribution in [0.25, 0.3) is 11.4 Å². The summed E-state index contributed by atoms with van der Waals surface area (Å²) in [5, 5.41) is 8.61. The Balaban J connectivity index is 1.60. The summed E-state index contributed by atoms with van der Waals surface area (Å²) in [6.07, 6.45) is 0. The van der Waals surface area contributed by atoms with Crippen LogP contribution in [0.5, 0.6) is 5.75 Å². The summed E-state index contributed by atoms with van der Waals surface area (Å²) in [7, 11) is 3.29. The molecule has 7 nitrogen and oxygen atoms in total. The van der Waals surface area contributed by atoms with Gasteiger partial charge in [0.15, 0.2) is 5.82 Å². The van der Waals surface area contributed by atoms with Crippen LogP contribution in [0.4, 0.5) is 4.39 Å². The summed E-state index contributed by atoms with van der Waals surface area (Å²) in [6, 6.07) is 13.4. The Morgan fingerprint density at radius 3 is 2.50 bits per heavy atom. The number of halogens is 1. The van der Waals surface area contributed by atoms with Crippen LogP contribution in [0.2, 0.25) is 0 Å². The molecule has 146 valence electrons. The molecule has 3 rings (SSSR count). The van der Waals surface area contributed by atoms with E-state index in [0.29, 0.717) is 17.5 Å². The Kier molecular flexibility index (Phi) is 6.15. The quantitative estimate of drug-likeness (QED) is 0.484. The van der Waals surface area contributed by atoms with Gasteiger partial charge in [-0.05, 0) is 42.0 Å². The van der Waals surface area contributed by atoms with Crippen LogP contribution in [-0.4, -0.2) is 45.6 Å². The zero-order chi connectivity index (χ0) is 20.1. The molecule has 9 heteroatoms. The molecule has 0 bridgehead atoms. The average Bonchev–Trinajstić information content (AvgIpc) is 3.08. The van der Waals surface area contributed by atoms with E-state index in [2.05, 4.69) is 10.2 Å². The molecule has 3 aromatic rings. The van der Waals surface area contributed by atoms with Crippen molar-refractivity contribution in [3.63, 3.8) is 0 Å². The van der Waals surface area contributed by atoms with Crippen LogP contribution in [-0.2, 0) is 11.3 Å². The van der Waals surface area contributed by atoms with Gasteiger partial charge in [-0.15, -0.1) is 10.2 Å². The first-order valence-corrected chi connectivity index (χ1v) is 9.42. The predicted molar refractivity (Wildman–Crippen MR) is 106 cm³/mol. The fourth-order valence-corrected chi connectivity index (χ4v) is 3.30. The van der Waals surface area contributed by atoms with Gasteiger partial charge in [0.2, 0.25) is 11.1 Å². The number of benzene rings is 2. The summed E-state index contributed by atoms with van der Waals surface area (Å²) in [5.74, 6) is 7.08. The van der Waals surface area contributed by atoms with Gasteiger partial charge in [0, 0.05) is 19.2 Å². The zero-order valence-electron chi connectivity index (χ0n) is 15.5. The molecule has 1 heterocycles. The van der Waals surface area contributed by atoms with Crippen LogP contribution >= 0.6 is 11.8 Å². The number of ether oxygens (including phenoxy) is 1. The number of carbonyl (C=O) groups is 1. The molecule has 0 fully saturated rings. The van der Waals surface area contributed by atoms with Crippen molar-refractivity contribution in [2.45, 2.75) is 11.7 Å². The lowest BCUT2D eigenvalue weighted by molar-refractivity contribution is -0.127. The molecule has 0 atom stereocenters. The number of nitrogens with two attached hydrogens (primary N) is 1. The first-order chi connectivity index (χ1) is 13.5. The molecule has 0 saturated carbocycles. The molecule has 1 aromatic heterocycles. The van der Waals surface area contributed by atoms with E-state index < -0.39 is 0 Å². The lowest BCUT2D eigenvalue weighted by atomic mass is 10.2. The van der Waals surface area contributed by atoms with Crippen molar-refractivity contribution in [2.75, 3.05) is 25.8 Å². The zero-order valence-corrected chi connectivity index (χ0v) is 16.3. The van der Waals surface area contributed by atoms with Crippen LogP contribution in [0.3, 0.4) is 0 Å². The van der Waals surface area contributed by atoms with E-state index in [0.717, 1.165) is 16.9 Å². The highest BCUT2D eigenvalue weighted by Gasteiger charge is 2.16. The topological polar surface area (TPSA) is 86.3 Å². The van der Waals surface area contributed by atoms with Gasteiger partial charge in [0.1, 0.15) is 11.6 Å². The summed E-state index contributed by atoms with van der Waals surface area (Å²) in [4.78, 5) is 13.9. The summed E-state index contributed by atoms with van der Waals surface area (Å²) in [5.41, 5.74) is 1.65. The van der Waals surface area contributed by atoms with Gasteiger partial charge in [-0.2, -0.15) is 0 Å². The third-order valence-electron chi connectivity index (χ3n) is 4.10. The van der Waals surface area contributed by atoms with Crippen LogP contribution in [0.1, 0.15) is 5.56 Å². The lowest BCUT2D eigenvalue weighted by Crippen LogP contribution is -2.28. The summed E-state index contributed by atoms with van der Waals surface area (Å²) in [6.45, 7) is 0.395. The number of nitrogen functional groups attached to an aromatic ring is 1. The number of hydrogen-bond acceptors (Lipinski definition) is 6. The number of methoxy groups -OCH3 is 1. The standard InChI is InChI=1S/C19H20FN5O2S/c1-24(11-13-3-7-15(20)8-4-13)17(26)12-28-19-23-22-18(25(19)21)14-5-9-16(27-2)10-6-14/h3-10H,11-12,21H2,1-2H3. The number of carbonyl (C=O) groups excluding carboxylic acids is 1. The van der Waals surface area contributed by atoms with Crippen LogP contribution in [0, 0.1) is 5.82 Å². The van der Waals surface area contributed by atoms with Gasteiger partial charge in [-0.1, -0.05) is 23.9 Å². The number of hydrogen-bond donors (Lipinski definition) is 1. The first-order valence-electron chi connectivity index (χ1n) is 8.44. The van der Waals surface area contributed by atoms with E-state index in [1.165, 1.54) is 28.6 Å². The molecule has 0 unspecified atom stereocenters. The Morgan fingerprint density at radius 1 is 1.18 bits per heavy atom. The van der Waals surface area contributed by atoms with E-state index in [4.69, 9.17) is 10.6 Å². The molecule has 0 spiro atoms. The Bertz CT molecular complexity index is 944. The minimum atomic E-state index is -0.303. The van der Waals surface area contributed by atoms with Crippen molar-refractivity contribution < 1.29 is 13.9 Å². The molecule has 0 aliphatic heterocycles. The molecule has 0 aliphatic carbocycles. The molecule has 0 aliphatic rings. The van der Waals surface area contributed by atoms with Gasteiger partial charge in [-0.3, -0.25) is 4.79 Å². The maximum atomic E-state index is 13.0. The molecular weight excluding hydrogens is 381 g/mol. The van der Waals surface area contributed by atoms with Gasteiger partial charge < -0.3 is 15.5 Å². The smallest absolute Gasteiger partial charge is 0.233 e. The van der Waals surface area contributed by atoms with Gasteiger partial charge >= 0.3 is 0 Å². The van der Waals surface area contributed by atoms with Crippen molar-refractivity contribution in [2.24, 2.45) is 0 Å². The highest BCUT2D eigenvalue weighted by atomic mass is 32.2. The normalized spacial score (nSPS) is 10.7. The summed E-state index contributed by atoms with van der Waals surface area (Å²) >= 11 is 1.21. The third-order valence-corrected chi connectivity index (χ3v) is 5.02. The maximum absolute atomic E-state index is 13.0. The number of rotatable bonds is 7. The van der Waals surface area contributed by atoms with Gasteiger partial charge in [-0.25, -0.2) is 9.07 Å². The van der Waals surface area contributed by atoms with Gasteiger partial charge in [0.05, 0.1) is 12.9 Å². The Morgan fingerprint density at radius 2 is 1.86 bits per heavy atom.